The molecule has 0 amide bonds. The van der Waals surface area contributed by atoms with Crippen LogP contribution < -0.4 is 4.74 Å². The number of hydrogen-bond donors (Lipinski definition) is 0. The highest BCUT2D eigenvalue weighted by Gasteiger charge is 2.12. The van der Waals surface area contributed by atoms with Crippen LogP contribution in [-0.4, -0.2) is 13.4 Å². The monoisotopic (exact) mass is 282 g/mol. The standard InChI is InChI=1S/C14H17ClO2.C2H6/c1-4-5-6-7-11-10(2)13(15)8-14(17-3)12(11)9-16;1-2/h6-9H,4-5H2,1-3H3;1-2H3/b7-6-;. The van der Waals surface area contributed by atoms with Gasteiger partial charge in [0.2, 0.25) is 0 Å². The Kier molecular flexibility index (Phi) is 8.98. The van der Waals surface area contributed by atoms with Crippen LogP contribution in [0.4, 0.5) is 0 Å². The Labute approximate surface area is 121 Å². The van der Waals surface area contributed by atoms with Crippen LogP contribution in [0.5, 0.6) is 5.75 Å². The summed E-state index contributed by atoms with van der Waals surface area (Å²) in [5.74, 6) is 0.520. The zero-order chi connectivity index (χ0) is 14.8. The maximum absolute atomic E-state index is 11.1. The molecule has 0 saturated carbocycles. The van der Waals surface area contributed by atoms with Crippen molar-refractivity contribution in [3.63, 3.8) is 0 Å². The second-order valence-corrected chi connectivity index (χ2v) is 4.23. The van der Waals surface area contributed by atoms with Gasteiger partial charge in [-0.25, -0.2) is 0 Å². The Bertz CT molecular complexity index is 437. The second-order valence-electron chi connectivity index (χ2n) is 3.82. The van der Waals surface area contributed by atoms with Gasteiger partial charge in [0.05, 0.1) is 12.7 Å². The molecule has 0 N–H and O–H groups in total. The summed E-state index contributed by atoms with van der Waals surface area (Å²) >= 11 is 6.11. The molecule has 1 aromatic carbocycles. The summed E-state index contributed by atoms with van der Waals surface area (Å²) in [6.45, 7) is 8.01. The first kappa shape index (κ1) is 17.7. The minimum absolute atomic E-state index is 0.520. The lowest BCUT2D eigenvalue weighted by Gasteiger charge is -2.11. The molecule has 1 rings (SSSR count). The fourth-order valence-electron chi connectivity index (χ4n) is 1.64. The molecule has 0 aliphatic rings. The number of carbonyl (C=O) groups is 1. The maximum atomic E-state index is 11.1. The summed E-state index contributed by atoms with van der Waals surface area (Å²) < 4.78 is 5.17. The van der Waals surface area contributed by atoms with Gasteiger partial charge in [-0.15, -0.1) is 0 Å². The molecule has 2 nitrogen and oxygen atoms in total. The van der Waals surface area contributed by atoms with Crippen molar-refractivity contribution < 1.29 is 9.53 Å². The summed E-state index contributed by atoms with van der Waals surface area (Å²) in [5.41, 5.74) is 2.31. The molecule has 0 radical (unpaired) electrons. The second kappa shape index (κ2) is 9.62. The van der Waals surface area contributed by atoms with E-state index in [2.05, 4.69) is 6.92 Å². The van der Waals surface area contributed by atoms with Crippen molar-refractivity contribution in [3.8, 4) is 5.75 Å². The molecule has 0 fully saturated rings. The highest BCUT2D eigenvalue weighted by molar-refractivity contribution is 6.32. The number of hydrogen-bond acceptors (Lipinski definition) is 2. The van der Waals surface area contributed by atoms with Gasteiger partial charge in [0.25, 0.3) is 0 Å². The van der Waals surface area contributed by atoms with Crippen LogP contribution in [0, 0.1) is 6.92 Å². The molecule has 0 saturated heterocycles. The molecule has 0 aliphatic heterocycles. The summed E-state index contributed by atoms with van der Waals surface area (Å²) in [6, 6.07) is 1.68. The van der Waals surface area contributed by atoms with Crippen LogP contribution in [0.15, 0.2) is 12.1 Å². The molecule has 3 heteroatoms. The average Bonchev–Trinajstić information content (AvgIpc) is 2.45. The Morgan fingerprint density at radius 1 is 1.32 bits per heavy atom. The Balaban J connectivity index is 0.00000154. The summed E-state index contributed by atoms with van der Waals surface area (Å²) in [4.78, 5) is 11.1. The summed E-state index contributed by atoms with van der Waals surface area (Å²) in [5, 5.41) is 0.614. The lowest BCUT2D eigenvalue weighted by Crippen LogP contribution is -1.97. The molecule has 106 valence electrons. The fourth-order valence-corrected chi connectivity index (χ4v) is 1.84. The minimum Gasteiger partial charge on any atom is -0.496 e. The van der Waals surface area contributed by atoms with Crippen molar-refractivity contribution in [1.82, 2.24) is 0 Å². The molecular formula is C16H23ClO2. The van der Waals surface area contributed by atoms with Gasteiger partial charge in [-0.1, -0.05) is 50.9 Å². The first-order chi connectivity index (χ1) is 9.15. The third-order valence-corrected chi connectivity index (χ3v) is 3.05. The normalized spacial score (nSPS) is 10.0. The molecule has 0 aliphatic carbocycles. The van der Waals surface area contributed by atoms with Crippen LogP contribution in [-0.2, 0) is 0 Å². The van der Waals surface area contributed by atoms with Crippen molar-refractivity contribution in [2.24, 2.45) is 0 Å². The van der Waals surface area contributed by atoms with Crippen molar-refractivity contribution >= 4 is 24.0 Å². The van der Waals surface area contributed by atoms with Gasteiger partial charge >= 0.3 is 0 Å². The molecular weight excluding hydrogens is 260 g/mol. The quantitative estimate of drug-likeness (QED) is 0.684. The van der Waals surface area contributed by atoms with Crippen LogP contribution >= 0.6 is 11.6 Å². The van der Waals surface area contributed by atoms with Gasteiger partial charge in [0, 0.05) is 5.02 Å². The Hall–Kier alpha value is -1.28. The van der Waals surface area contributed by atoms with Crippen LogP contribution in [0.3, 0.4) is 0 Å². The van der Waals surface area contributed by atoms with E-state index in [4.69, 9.17) is 16.3 Å². The van der Waals surface area contributed by atoms with Crippen molar-refractivity contribution in [2.45, 2.75) is 40.5 Å². The third kappa shape index (κ3) is 4.71. The molecule has 0 atom stereocenters. The molecule has 0 unspecified atom stereocenters. The number of aldehydes is 1. The highest BCUT2D eigenvalue weighted by atomic mass is 35.5. The lowest BCUT2D eigenvalue weighted by molar-refractivity contribution is 0.112. The van der Waals surface area contributed by atoms with E-state index >= 15 is 0 Å². The molecule has 0 aromatic heterocycles. The zero-order valence-corrected chi connectivity index (χ0v) is 13.2. The fraction of sp³-hybridized carbons (Fsp3) is 0.438. The first-order valence-electron chi connectivity index (χ1n) is 6.64. The van der Waals surface area contributed by atoms with Crippen molar-refractivity contribution in [2.75, 3.05) is 7.11 Å². The van der Waals surface area contributed by atoms with E-state index in [1.54, 1.807) is 6.07 Å². The van der Waals surface area contributed by atoms with Crippen LogP contribution in [0.25, 0.3) is 6.08 Å². The SMILES string of the molecule is CC.CCC/C=C\c1c(C)c(Cl)cc(OC)c1C=O. The third-order valence-electron chi connectivity index (χ3n) is 2.65. The van der Waals surface area contributed by atoms with E-state index in [-0.39, 0.29) is 0 Å². The number of carbonyl (C=O) groups excluding carboxylic acids is 1. The smallest absolute Gasteiger partial charge is 0.154 e. The number of benzene rings is 1. The van der Waals surface area contributed by atoms with Gasteiger partial charge in [-0.2, -0.15) is 0 Å². The van der Waals surface area contributed by atoms with E-state index in [0.717, 1.165) is 30.3 Å². The molecule has 0 bridgehead atoms. The van der Waals surface area contributed by atoms with E-state index in [9.17, 15) is 4.79 Å². The van der Waals surface area contributed by atoms with Crippen molar-refractivity contribution in [1.29, 1.82) is 0 Å². The number of allylic oxidation sites excluding steroid dienone is 1. The van der Waals surface area contributed by atoms with E-state index in [0.29, 0.717) is 16.3 Å². The van der Waals surface area contributed by atoms with Crippen LogP contribution in [0.2, 0.25) is 5.02 Å². The number of unbranched alkanes of at least 4 members (excludes halogenated alkanes) is 1. The number of rotatable bonds is 5. The van der Waals surface area contributed by atoms with Gasteiger partial charge in [0.15, 0.2) is 6.29 Å². The minimum atomic E-state index is 0.520. The van der Waals surface area contributed by atoms with E-state index in [1.165, 1.54) is 7.11 Å². The number of methoxy groups -OCH3 is 1. The van der Waals surface area contributed by atoms with Gasteiger partial charge < -0.3 is 4.74 Å². The van der Waals surface area contributed by atoms with Crippen molar-refractivity contribution in [3.05, 3.63) is 33.9 Å². The van der Waals surface area contributed by atoms with Gasteiger partial charge in [-0.05, 0) is 30.5 Å². The largest absolute Gasteiger partial charge is 0.496 e. The lowest BCUT2D eigenvalue weighted by atomic mass is 10.0. The molecule has 19 heavy (non-hydrogen) atoms. The molecule has 1 aromatic rings. The summed E-state index contributed by atoms with van der Waals surface area (Å²) in [7, 11) is 1.54. The Morgan fingerprint density at radius 3 is 2.42 bits per heavy atom. The van der Waals surface area contributed by atoms with E-state index in [1.807, 2.05) is 32.9 Å². The molecule has 0 spiro atoms. The van der Waals surface area contributed by atoms with E-state index < -0.39 is 0 Å². The van der Waals surface area contributed by atoms with Gasteiger partial charge in [0.1, 0.15) is 5.75 Å². The number of ether oxygens (including phenoxy) is 1. The van der Waals surface area contributed by atoms with Crippen LogP contribution in [0.1, 0.15) is 55.1 Å². The average molecular weight is 283 g/mol. The molecule has 0 heterocycles. The zero-order valence-electron chi connectivity index (χ0n) is 12.4. The highest BCUT2D eigenvalue weighted by Crippen LogP contribution is 2.31. The topological polar surface area (TPSA) is 26.3 Å². The summed E-state index contributed by atoms with van der Waals surface area (Å²) in [6.07, 6.45) is 6.85. The first-order valence-corrected chi connectivity index (χ1v) is 7.02. The maximum Gasteiger partial charge on any atom is 0.154 e. The number of halogens is 1. The predicted molar refractivity (Wildman–Crippen MR) is 83.4 cm³/mol. The van der Waals surface area contributed by atoms with Gasteiger partial charge in [-0.3, -0.25) is 4.79 Å². The predicted octanol–water partition coefficient (Wildman–Crippen LogP) is 5.31. The Morgan fingerprint density at radius 2 is 1.95 bits per heavy atom.